The van der Waals surface area contributed by atoms with Crippen molar-refractivity contribution in [2.24, 2.45) is 5.73 Å². The molecule has 2 aliphatic carbocycles. The first-order chi connectivity index (χ1) is 13.9. The number of nitrogens with two attached hydrogens (primary N) is 1. The molecule has 0 aromatic carbocycles. The molecule has 2 aromatic heterocycles. The van der Waals surface area contributed by atoms with Gasteiger partial charge in [0.15, 0.2) is 11.5 Å². The van der Waals surface area contributed by atoms with Gasteiger partial charge in [0.05, 0.1) is 23.3 Å². The molecule has 5 N–H and O–H groups in total. The Bertz CT molecular complexity index is 1020. The minimum absolute atomic E-state index is 0.133. The molecular formula is C21H26FN7. The maximum atomic E-state index is 13.8. The number of nitrogens with one attached hydrogen (secondary N) is 3. The zero-order valence-electron chi connectivity index (χ0n) is 16.5. The number of hydrogen-bond acceptors (Lipinski definition) is 6. The summed E-state index contributed by atoms with van der Waals surface area (Å²) >= 11 is 0. The van der Waals surface area contributed by atoms with Crippen LogP contribution in [-0.4, -0.2) is 45.2 Å². The fourth-order valence-corrected chi connectivity index (χ4v) is 3.55. The Kier molecular flexibility index (Phi) is 5.38. The Morgan fingerprint density at radius 1 is 1.17 bits per heavy atom. The van der Waals surface area contributed by atoms with Crippen LogP contribution in [0.2, 0.25) is 0 Å². The number of imidazole rings is 1. The monoisotopic (exact) mass is 395 g/mol. The van der Waals surface area contributed by atoms with E-state index in [9.17, 15) is 4.39 Å². The molecule has 0 amide bonds. The summed E-state index contributed by atoms with van der Waals surface area (Å²) in [4.78, 5) is 4.52. The largest absolute Gasteiger partial charge is 0.328 e. The lowest BCUT2D eigenvalue weighted by Crippen LogP contribution is -2.35. The van der Waals surface area contributed by atoms with E-state index in [1.54, 1.807) is 4.52 Å². The lowest BCUT2D eigenvalue weighted by atomic mass is 9.99. The van der Waals surface area contributed by atoms with E-state index >= 15 is 0 Å². The Balaban J connectivity index is 0.000000249. The molecule has 2 aromatic rings. The van der Waals surface area contributed by atoms with Gasteiger partial charge in [-0.1, -0.05) is 0 Å². The highest BCUT2D eigenvalue weighted by molar-refractivity contribution is 6.51. The zero-order valence-corrected chi connectivity index (χ0v) is 16.5. The molecule has 5 rings (SSSR count). The predicted octanol–water partition coefficient (Wildman–Crippen LogP) is 2.90. The Hall–Kier alpha value is -2.71. The normalized spacial score (nSPS) is 20.2. The number of allylic oxidation sites excluding steroid dienone is 4. The smallest absolute Gasteiger partial charge is 0.157 e. The van der Waals surface area contributed by atoms with E-state index in [4.69, 9.17) is 16.6 Å². The van der Waals surface area contributed by atoms with Crippen LogP contribution in [0.5, 0.6) is 0 Å². The molecule has 152 valence electrons. The van der Waals surface area contributed by atoms with E-state index in [2.05, 4.69) is 15.4 Å². The lowest BCUT2D eigenvalue weighted by Gasteiger charge is -2.17. The number of rotatable bonds is 2. The van der Waals surface area contributed by atoms with Crippen LogP contribution < -0.4 is 11.1 Å². The molecule has 3 heterocycles. The van der Waals surface area contributed by atoms with E-state index in [0.29, 0.717) is 23.2 Å². The third kappa shape index (κ3) is 4.33. The Morgan fingerprint density at radius 3 is 2.48 bits per heavy atom. The summed E-state index contributed by atoms with van der Waals surface area (Å²) in [5.74, 6) is -0.207. The van der Waals surface area contributed by atoms with E-state index in [0.717, 1.165) is 55.7 Å². The molecule has 29 heavy (non-hydrogen) atoms. The van der Waals surface area contributed by atoms with Crippen LogP contribution in [-0.2, 0) is 0 Å². The van der Waals surface area contributed by atoms with Crippen LogP contribution in [0.15, 0.2) is 30.2 Å². The van der Waals surface area contributed by atoms with Gasteiger partial charge in [0.1, 0.15) is 5.71 Å². The number of fused-ring (bicyclic) bond motifs is 1. The molecule has 0 spiro atoms. The van der Waals surface area contributed by atoms with E-state index < -0.39 is 5.83 Å². The van der Waals surface area contributed by atoms with Crippen molar-refractivity contribution >= 4 is 22.6 Å². The van der Waals surface area contributed by atoms with Gasteiger partial charge in [0, 0.05) is 17.2 Å². The van der Waals surface area contributed by atoms with Crippen molar-refractivity contribution in [3.05, 3.63) is 47.2 Å². The van der Waals surface area contributed by atoms with Crippen LogP contribution in [0, 0.1) is 17.7 Å². The van der Waals surface area contributed by atoms with Gasteiger partial charge in [-0.3, -0.25) is 10.8 Å². The standard InChI is InChI=1S/C16H14FN5.C5H12N2/c1-8-7-22-16(20-8)11(9-2-3-9)6-14(21-22)10-4-12(17)15(19)13(18)5-10;6-5-1-3-7-4-2-5/h4-7,9,18-19H,2-3H2,1H3;5,7H,1-4,6H2. The molecule has 0 unspecified atom stereocenters. The zero-order chi connectivity index (χ0) is 20.5. The number of aryl methyl sites for hydroxylation is 1. The summed E-state index contributed by atoms with van der Waals surface area (Å²) in [5, 5.41) is 22.9. The third-order valence-corrected chi connectivity index (χ3v) is 5.36. The summed E-state index contributed by atoms with van der Waals surface area (Å²) < 4.78 is 15.5. The second kappa shape index (κ2) is 7.96. The van der Waals surface area contributed by atoms with Gasteiger partial charge >= 0.3 is 0 Å². The number of nitrogens with zero attached hydrogens (tertiary/aromatic N) is 3. The Labute approximate surface area is 168 Å². The highest BCUT2D eigenvalue weighted by Gasteiger charge is 2.28. The average molecular weight is 395 g/mol. The number of piperidine rings is 1. The molecule has 7 nitrogen and oxygen atoms in total. The molecule has 0 bridgehead atoms. The molecule has 3 aliphatic rings. The van der Waals surface area contributed by atoms with E-state index in [1.807, 2.05) is 19.2 Å². The molecule has 1 saturated carbocycles. The molecule has 2 fully saturated rings. The second-order valence-electron chi connectivity index (χ2n) is 7.88. The highest BCUT2D eigenvalue weighted by Crippen LogP contribution is 2.42. The summed E-state index contributed by atoms with van der Waals surface area (Å²) in [6, 6.07) is 2.42. The van der Waals surface area contributed by atoms with Gasteiger partial charge in [-0.15, -0.1) is 0 Å². The third-order valence-electron chi connectivity index (χ3n) is 5.36. The maximum absolute atomic E-state index is 13.8. The minimum atomic E-state index is -0.695. The average Bonchev–Trinajstić information content (AvgIpc) is 3.46. The summed E-state index contributed by atoms with van der Waals surface area (Å²) in [7, 11) is 0. The first-order valence-electron chi connectivity index (χ1n) is 10.0. The van der Waals surface area contributed by atoms with Gasteiger partial charge in [-0.25, -0.2) is 13.9 Å². The maximum Gasteiger partial charge on any atom is 0.157 e. The first-order valence-corrected chi connectivity index (χ1v) is 10.0. The lowest BCUT2D eigenvalue weighted by molar-refractivity contribution is 0.458. The quantitative estimate of drug-likeness (QED) is 0.585. The number of halogens is 1. The van der Waals surface area contributed by atoms with Crippen LogP contribution in [0.3, 0.4) is 0 Å². The molecule has 1 saturated heterocycles. The molecule has 0 radical (unpaired) electrons. The molecule has 0 atom stereocenters. The summed E-state index contributed by atoms with van der Waals surface area (Å²) in [5.41, 5.74) is 9.08. The number of aromatic nitrogens is 3. The van der Waals surface area contributed by atoms with Crippen molar-refractivity contribution in [3.8, 4) is 0 Å². The van der Waals surface area contributed by atoms with Gasteiger partial charge < -0.3 is 11.1 Å². The minimum Gasteiger partial charge on any atom is -0.328 e. The van der Waals surface area contributed by atoms with Crippen LogP contribution >= 0.6 is 0 Å². The van der Waals surface area contributed by atoms with Gasteiger partial charge in [-0.05, 0) is 69.8 Å². The van der Waals surface area contributed by atoms with Crippen molar-refractivity contribution in [2.45, 2.75) is 44.6 Å². The van der Waals surface area contributed by atoms with Crippen LogP contribution in [0.25, 0.3) is 11.2 Å². The molecule has 1 aliphatic heterocycles. The van der Waals surface area contributed by atoms with Crippen molar-refractivity contribution < 1.29 is 4.39 Å². The molecular weight excluding hydrogens is 369 g/mol. The van der Waals surface area contributed by atoms with Crippen molar-refractivity contribution in [3.63, 3.8) is 0 Å². The van der Waals surface area contributed by atoms with Gasteiger partial charge in [0.25, 0.3) is 0 Å². The highest BCUT2D eigenvalue weighted by atomic mass is 19.1. The molecule has 8 heteroatoms. The van der Waals surface area contributed by atoms with Gasteiger partial charge in [0.2, 0.25) is 0 Å². The van der Waals surface area contributed by atoms with E-state index in [1.165, 1.54) is 12.2 Å². The van der Waals surface area contributed by atoms with Gasteiger partial charge in [-0.2, -0.15) is 5.10 Å². The number of hydrogen-bond donors (Lipinski definition) is 4. The topological polar surface area (TPSA) is 116 Å². The van der Waals surface area contributed by atoms with Crippen molar-refractivity contribution in [1.82, 2.24) is 19.9 Å². The fraction of sp³-hybridized carbons (Fsp3) is 0.429. The summed E-state index contributed by atoms with van der Waals surface area (Å²) in [6.07, 6.45) is 9.18. The predicted molar refractivity (Wildman–Crippen MR) is 112 cm³/mol. The summed E-state index contributed by atoms with van der Waals surface area (Å²) in [6.45, 7) is 4.14. The SMILES string of the molecule is Cc1cn2nc(C3=CC(=N)C(=N)C(F)=C3)cc(C3CC3)c2n1.NC1CCNCC1. The van der Waals surface area contributed by atoms with Crippen LogP contribution in [0.4, 0.5) is 4.39 Å². The van der Waals surface area contributed by atoms with E-state index in [-0.39, 0.29) is 11.4 Å². The van der Waals surface area contributed by atoms with Crippen molar-refractivity contribution in [2.75, 3.05) is 13.1 Å². The Morgan fingerprint density at radius 2 is 1.90 bits per heavy atom. The van der Waals surface area contributed by atoms with Crippen LogP contribution in [0.1, 0.15) is 48.6 Å². The van der Waals surface area contributed by atoms with Crippen molar-refractivity contribution in [1.29, 1.82) is 10.8 Å². The first kappa shape index (κ1) is 19.6. The fourth-order valence-electron chi connectivity index (χ4n) is 3.55. The second-order valence-corrected chi connectivity index (χ2v) is 7.88.